The summed E-state index contributed by atoms with van der Waals surface area (Å²) in [6.07, 6.45) is 77.7. The molecule has 0 aliphatic heterocycles. The van der Waals surface area contributed by atoms with Crippen LogP contribution in [0.25, 0.3) is 0 Å². The number of carbonyl (C=O) groups is 3. The van der Waals surface area contributed by atoms with Gasteiger partial charge in [-0.25, -0.2) is 0 Å². The van der Waals surface area contributed by atoms with Crippen LogP contribution in [0.5, 0.6) is 0 Å². The first-order valence-corrected chi connectivity index (χ1v) is 28.0. The summed E-state index contributed by atoms with van der Waals surface area (Å²) >= 11 is 0. The van der Waals surface area contributed by atoms with E-state index >= 15 is 0 Å². The Hall–Kier alpha value is -4.19. The number of hydrogen-bond donors (Lipinski definition) is 0. The van der Waals surface area contributed by atoms with Crippen molar-refractivity contribution < 1.29 is 28.6 Å². The normalized spacial score (nSPS) is 13.0. The molecule has 6 heteroatoms. The lowest BCUT2D eigenvalue weighted by atomic mass is 10.1. The van der Waals surface area contributed by atoms with Gasteiger partial charge in [0.25, 0.3) is 0 Å². The number of carbonyl (C=O) groups excluding carboxylic acids is 3. The van der Waals surface area contributed by atoms with Gasteiger partial charge in [-0.05, 0) is 116 Å². The molecule has 0 aromatic heterocycles. The predicted molar refractivity (Wildman–Crippen MR) is 297 cm³/mol. The molecular weight excluding hydrogens is 853 g/mol. The molecule has 1 unspecified atom stereocenters. The first-order valence-electron chi connectivity index (χ1n) is 28.0. The molecule has 0 amide bonds. The molecule has 0 aliphatic rings. The molecule has 390 valence electrons. The Bertz CT molecular complexity index is 1470. The second-order valence-corrected chi connectivity index (χ2v) is 18.1. The van der Waals surface area contributed by atoms with Crippen LogP contribution in [0.4, 0.5) is 0 Å². The van der Waals surface area contributed by atoms with Crippen molar-refractivity contribution in [2.75, 3.05) is 13.2 Å². The van der Waals surface area contributed by atoms with Crippen molar-refractivity contribution in [3.63, 3.8) is 0 Å². The molecule has 0 saturated carbocycles. The molecular formula is C63H102O6. The molecule has 0 fully saturated rings. The van der Waals surface area contributed by atoms with E-state index in [1.807, 2.05) is 6.08 Å². The highest BCUT2D eigenvalue weighted by Gasteiger charge is 2.19. The first kappa shape index (κ1) is 64.8. The van der Waals surface area contributed by atoms with Crippen LogP contribution in [0.3, 0.4) is 0 Å². The average molecular weight is 956 g/mol. The Kier molecular flexibility index (Phi) is 53.0. The number of esters is 3. The van der Waals surface area contributed by atoms with Crippen molar-refractivity contribution in [3.8, 4) is 0 Å². The summed E-state index contributed by atoms with van der Waals surface area (Å²) in [6, 6.07) is 0. The minimum Gasteiger partial charge on any atom is -0.462 e. The van der Waals surface area contributed by atoms with Gasteiger partial charge in [0.15, 0.2) is 6.10 Å². The zero-order chi connectivity index (χ0) is 50.0. The molecule has 0 bridgehead atoms. The summed E-state index contributed by atoms with van der Waals surface area (Å²) in [5, 5.41) is 0. The first-order chi connectivity index (χ1) is 34.0. The van der Waals surface area contributed by atoms with Crippen LogP contribution >= 0.6 is 0 Å². The summed E-state index contributed by atoms with van der Waals surface area (Å²) in [5.41, 5.74) is 0. The third kappa shape index (κ3) is 54.6. The lowest BCUT2D eigenvalue weighted by molar-refractivity contribution is -0.166. The van der Waals surface area contributed by atoms with Crippen LogP contribution < -0.4 is 0 Å². The Balaban J connectivity index is 4.54. The van der Waals surface area contributed by atoms with Gasteiger partial charge in [0.05, 0.1) is 0 Å². The minimum atomic E-state index is -0.822. The zero-order valence-electron chi connectivity index (χ0n) is 44.5. The van der Waals surface area contributed by atoms with E-state index in [0.29, 0.717) is 19.3 Å². The van der Waals surface area contributed by atoms with E-state index in [9.17, 15) is 14.4 Å². The van der Waals surface area contributed by atoms with Gasteiger partial charge in [-0.2, -0.15) is 0 Å². The van der Waals surface area contributed by atoms with Crippen LogP contribution in [0.1, 0.15) is 239 Å². The van der Waals surface area contributed by atoms with Gasteiger partial charge in [0.1, 0.15) is 13.2 Å². The monoisotopic (exact) mass is 955 g/mol. The Labute approximate surface area is 424 Å². The fraction of sp³-hybridized carbons (Fsp3) is 0.635. The fourth-order valence-corrected chi connectivity index (χ4v) is 7.30. The van der Waals surface area contributed by atoms with Gasteiger partial charge < -0.3 is 14.2 Å². The highest BCUT2D eigenvalue weighted by molar-refractivity contribution is 5.71. The van der Waals surface area contributed by atoms with Crippen molar-refractivity contribution in [2.45, 2.75) is 245 Å². The van der Waals surface area contributed by atoms with Crippen molar-refractivity contribution in [3.05, 3.63) is 122 Å². The second kappa shape index (κ2) is 56.4. The molecule has 0 heterocycles. The van der Waals surface area contributed by atoms with Crippen LogP contribution in [0, 0.1) is 0 Å². The molecule has 0 aromatic carbocycles. The molecule has 0 rings (SSSR count). The van der Waals surface area contributed by atoms with Gasteiger partial charge in [0.2, 0.25) is 0 Å². The summed E-state index contributed by atoms with van der Waals surface area (Å²) in [6.45, 7) is 6.32. The zero-order valence-corrected chi connectivity index (χ0v) is 44.5. The summed E-state index contributed by atoms with van der Waals surface area (Å²) in [5.74, 6) is -1.02. The molecule has 69 heavy (non-hydrogen) atoms. The van der Waals surface area contributed by atoms with Crippen molar-refractivity contribution in [2.24, 2.45) is 0 Å². The fourth-order valence-electron chi connectivity index (χ4n) is 7.30. The van der Waals surface area contributed by atoms with E-state index in [-0.39, 0.29) is 37.5 Å². The van der Waals surface area contributed by atoms with Gasteiger partial charge in [0, 0.05) is 19.3 Å². The highest BCUT2D eigenvalue weighted by atomic mass is 16.6. The Morgan fingerprint density at radius 2 is 0.594 bits per heavy atom. The lowest BCUT2D eigenvalue weighted by Gasteiger charge is -2.18. The van der Waals surface area contributed by atoms with Crippen LogP contribution in [0.2, 0.25) is 0 Å². The maximum atomic E-state index is 12.8. The summed E-state index contributed by atoms with van der Waals surface area (Å²) in [7, 11) is 0. The third-order valence-corrected chi connectivity index (χ3v) is 11.4. The number of allylic oxidation sites excluding steroid dienone is 20. The topological polar surface area (TPSA) is 78.9 Å². The SMILES string of the molecule is CC/C=C\C/C=C\C/C=C\C/C=C\C/C=C\C/C=C\CCC(=O)OCC(COC(=O)CCCCCCC/C=C\C/C=C\C/C=C\CC)OC(=O)CCCCCCCCC/C=C\CCCCCCCC. The smallest absolute Gasteiger partial charge is 0.306 e. The highest BCUT2D eigenvalue weighted by Crippen LogP contribution is 2.14. The lowest BCUT2D eigenvalue weighted by Crippen LogP contribution is -2.30. The number of hydrogen-bond acceptors (Lipinski definition) is 6. The molecule has 0 N–H and O–H groups in total. The van der Waals surface area contributed by atoms with Crippen LogP contribution in [0.15, 0.2) is 122 Å². The predicted octanol–water partition coefficient (Wildman–Crippen LogP) is 18.9. The molecule has 6 nitrogen and oxygen atoms in total. The van der Waals surface area contributed by atoms with Crippen molar-refractivity contribution in [1.82, 2.24) is 0 Å². The Morgan fingerprint density at radius 1 is 0.304 bits per heavy atom. The number of rotatable bonds is 49. The average Bonchev–Trinajstić information content (AvgIpc) is 3.35. The van der Waals surface area contributed by atoms with Crippen molar-refractivity contribution >= 4 is 17.9 Å². The third-order valence-electron chi connectivity index (χ3n) is 11.4. The Morgan fingerprint density at radius 3 is 0.986 bits per heavy atom. The van der Waals surface area contributed by atoms with Gasteiger partial charge >= 0.3 is 17.9 Å². The molecule has 1 atom stereocenters. The maximum absolute atomic E-state index is 12.8. The summed E-state index contributed by atoms with van der Waals surface area (Å²) < 4.78 is 16.8. The van der Waals surface area contributed by atoms with E-state index in [1.54, 1.807) is 0 Å². The van der Waals surface area contributed by atoms with Gasteiger partial charge in [-0.15, -0.1) is 0 Å². The minimum absolute atomic E-state index is 0.115. The molecule has 0 aliphatic carbocycles. The number of unbranched alkanes of at least 4 members (excludes halogenated alkanes) is 18. The standard InChI is InChI=1S/C63H102O6/c1-4-7-10-13-16-19-22-25-28-30-31-33-35-38-41-44-47-50-53-56-62(65)68-59-60(58-67-61(64)55-52-49-46-43-40-37-34-27-24-21-18-15-12-9-6-3)69-63(66)57-54-51-48-45-42-39-36-32-29-26-23-20-17-14-11-8-5-2/h7,9-10,12,16,18-19,21,25-29,31,33-34,38,41,47,50,60H,4-6,8,11,13-15,17,20,22-24,30,32,35-37,39-40,42-46,48-49,51-59H2,1-3H3/b10-7-,12-9-,19-16-,21-18-,28-25-,29-26-,33-31-,34-27-,41-38-,50-47-. The largest absolute Gasteiger partial charge is 0.462 e. The maximum Gasteiger partial charge on any atom is 0.306 e. The quantitative estimate of drug-likeness (QED) is 0.0262. The molecule has 0 radical (unpaired) electrons. The number of ether oxygens (including phenoxy) is 3. The molecule has 0 aromatic rings. The molecule has 0 spiro atoms. The van der Waals surface area contributed by atoms with Crippen LogP contribution in [-0.2, 0) is 28.6 Å². The van der Waals surface area contributed by atoms with Crippen LogP contribution in [-0.4, -0.2) is 37.2 Å². The van der Waals surface area contributed by atoms with Gasteiger partial charge in [-0.3, -0.25) is 14.4 Å². The molecule has 0 saturated heterocycles. The summed E-state index contributed by atoms with van der Waals surface area (Å²) in [4.78, 5) is 38.1. The van der Waals surface area contributed by atoms with Crippen molar-refractivity contribution in [1.29, 1.82) is 0 Å². The van der Waals surface area contributed by atoms with E-state index in [1.165, 1.54) is 77.0 Å². The van der Waals surface area contributed by atoms with E-state index in [0.717, 1.165) is 116 Å². The van der Waals surface area contributed by atoms with E-state index < -0.39 is 6.10 Å². The second-order valence-electron chi connectivity index (χ2n) is 18.1. The van der Waals surface area contributed by atoms with Gasteiger partial charge in [-0.1, -0.05) is 226 Å². The van der Waals surface area contributed by atoms with E-state index in [2.05, 4.69) is 136 Å². The van der Waals surface area contributed by atoms with E-state index in [4.69, 9.17) is 14.2 Å².